The molecule has 0 aliphatic heterocycles. The molecule has 0 bridgehead atoms. The molecule has 0 saturated carbocycles. The van der Waals surface area contributed by atoms with Gasteiger partial charge in [-0.2, -0.15) is 0 Å². The summed E-state index contributed by atoms with van der Waals surface area (Å²) in [6.07, 6.45) is 0. The van der Waals surface area contributed by atoms with E-state index in [2.05, 4.69) is 27.8 Å². The molecular formula is C6H13N5. The Labute approximate surface area is 65.8 Å². The van der Waals surface area contributed by atoms with Gasteiger partial charge in [-0.25, -0.2) is 4.68 Å². The topological polar surface area (TPSA) is 55.6 Å². The van der Waals surface area contributed by atoms with E-state index >= 15 is 0 Å². The second kappa shape index (κ2) is 4.02. The molecule has 5 heteroatoms. The van der Waals surface area contributed by atoms with Gasteiger partial charge in [0.1, 0.15) is 0 Å². The summed E-state index contributed by atoms with van der Waals surface area (Å²) in [4.78, 5) is 0. The quantitative estimate of drug-likeness (QED) is 0.654. The fourth-order valence-corrected chi connectivity index (χ4v) is 0.832. The maximum Gasteiger partial charge on any atom is 0.165 e. The monoisotopic (exact) mass is 155 g/mol. The smallest absolute Gasteiger partial charge is 0.165 e. The van der Waals surface area contributed by atoms with Crippen LogP contribution in [0.15, 0.2) is 0 Å². The van der Waals surface area contributed by atoms with Crippen LogP contribution in [-0.4, -0.2) is 26.8 Å². The van der Waals surface area contributed by atoms with Crippen LogP contribution in [0.3, 0.4) is 0 Å². The second-order valence-electron chi connectivity index (χ2n) is 2.19. The van der Waals surface area contributed by atoms with Gasteiger partial charge in [-0.05, 0) is 23.9 Å². The highest BCUT2D eigenvalue weighted by molar-refractivity contribution is 4.78. The van der Waals surface area contributed by atoms with Crippen molar-refractivity contribution in [2.75, 3.05) is 6.54 Å². The second-order valence-corrected chi connectivity index (χ2v) is 2.19. The van der Waals surface area contributed by atoms with Gasteiger partial charge in [0.25, 0.3) is 0 Å². The largest absolute Gasteiger partial charge is 0.310 e. The molecule has 1 rings (SSSR count). The zero-order valence-electron chi connectivity index (χ0n) is 6.91. The summed E-state index contributed by atoms with van der Waals surface area (Å²) in [5.41, 5.74) is 0. The highest BCUT2D eigenvalue weighted by Gasteiger charge is 2.00. The molecule has 0 aromatic carbocycles. The highest BCUT2D eigenvalue weighted by Crippen LogP contribution is 1.89. The summed E-state index contributed by atoms with van der Waals surface area (Å²) in [7, 11) is 0. The fourth-order valence-electron chi connectivity index (χ4n) is 0.832. The molecule has 0 aliphatic carbocycles. The van der Waals surface area contributed by atoms with E-state index in [1.165, 1.54) is 0 Å². The zero-order valence-corrected chi connectivity index (χ0v) is 6.91. The van der Waals surface area contributed by atoms with Gasteiger partial charge < -0.3 is 5.32 Å². The summed E-state index contributed by atoms with van der Waals surface area (Å²) in [5, 5.41) is 14.4. The summed E-state index contributed by atoms with van der Waals surface area (Å²) in [5.74, 6) is 0.898. The van der Waals surface area contributed by atoms with Gasteiger partial charge in [0.05, 0.1) is 6.54 Å². The lowest BCUT2D eigenvalue weighted by molar-refractivity contribution is 0.572. The molecule has 1 aromatic heterocycles. The fraction of sp³-hybridized carbons (Fsp3) is 0.833. The van der Waals surface area contributed by atoms with E-state index in [0.717, 1.165) is 25.5 Å². The summed E-state index contributed by atoms with van der Waals surface area (Å²) < 4.78 is 1.78. The Bertz CT molecular complexity index is 206. The van der Waals surface area contributed by atoms with Crippen molar-refractivity contribution in [1.29, 1.82) is 0 Å². The maximum absolute atomic E-state index is 3.86. The molecule has 0 saturated heterocycles. The minimum Gasteiger partial charge on any atom is -0.310 e. The molecule has 0 spiro atoms. The first-order valence-electron chi connectivity index (χ1n) is 3.84. The van der Waals surface area contributed by atoms with Crippen LogP contribution in [0.25, 0.3) is 0 Å². The van der Waals surface area contributed by atoms with Crippen LogP contribution in [0.2, 0.25) is 0 Å². The van der Waals surface area contributed by atoms with Crippen LogP contribution < -0.4 is 5.32 Å². The van der Waals surface area contributed by atoms with Gasteiger partial charge in [0.15, 0.2) is 5.82 Å². The van der Waals surface area contributed by atoms with Gasteiger partial charge in [-0.3, -0.25) is 0 Å². The summed E-state index contributed by atoms with van der Waals surface area (Å²) in [6.45, 7) is 6.59. The standard InChI is InChI=1S/C6H13N5/c1-3-7-5-6-8-9-10-11(6)4-2/h7H,3-5H2,1-2H3. The highest BCUT2D eigenvalue weighted by atomic mass is 15.5. The third-order valence-electron chi connectivity index (χ3n) is 1.44. The van der Waals surface area contributed by atoms with Crippen molar-refractivity contribution in [3.05, 3.63) is 5.82 Å². The molecule has 0 unspecified atom stereocenters. The van der Waals surface area contributed by atoms with Crippen LogP contribution >= 0.6 is 0 Å². The number of aromatic nitrogens is 4. The third kappa shape index (κ3) is 1.98. The van der Waals surface area contributed by atoms with E-state index in [1.807, 2.05) is 6.92 Å². The first-order chi connectivity index (χ1) is 5.38. The average molecular weight is 155 g/mol. The zero-order chi connectivity index (χ0) is 8.10. The molecule has 5 nitrogen and oxygen atoms in total. The van der Waals surface area contributed by atoms with Gasteiger partial charge >= 0.3 is 0 Å². The Kier molecular flexibility index (Phi) is 2.97. The van der Waals surface area contributed by atoms with E-state index in [0.29, 0.717) is 0 Å². The molecule has 11 heavy (non-hydrogen) atoms. The molecule has 62 valence electrons. The van der Waals surface area contributed by atoms with E-state index < -0.39 is 0 Å². The predicted octanol–water partition coefficient (Wildman–Crippen LogP) is -0.198. The number of nitrogens with zero attached hydrogens (tertiary/aromatic N) is 4. The Hall–Kier alpha value is -0.970. The van der Waals surface area contributed by atoms with Crippen molar-refractivity contribution in [2.24, 2.45) is 0 Å². The Morgan fingerprint density at radius 3 is 2.91 bits per heavy atom. The molecule has 1 N–H and O–H groups in total. The molecular weight excluding hydrogens is 142 g/mol. The van der Waals surface area contributed by atoms with E-state index in [4.69, 9.17) is 0 Å². The average Bonchev–Trinajstić information content (AvgIpc) is 2.47. The van der Waals surface area contributed by atoms with Gasteiger partial charge in [0, 0.05) is 6.54 Å². The summed E-state index contributed by atoms with van der Waals surface area (Å²) >= 11 is 0. The summed E-state index contributed by atoms with van der Waals surface area (Å²) in [6, 6.07) is 0. The van der Waals surface area contributed by atoms with E-state index in [1.54, 1.807) is 4.68 Å². The van der Waals surface area contributed by atoms with Gasteiger partial charge in [0.2, 0.25) is 0 Å². The van der Waals surface area contributed by atoms with E-state index in [9.17, 15) is 0 Å². The minimum atomic E-state index is 0.747. The van der Waals surface area contributed by atoms with Crippen molar-refractivity contribution >= 4 is 0 Å². The van der Waals surface area contributed by atoms with Crippen molar-refractivity contribution in [1.82, 2.24) is 25.5 Å². The van der Waals surface area contributed by atoms with Crippen LogP contribution in [0.5, 0.6) is 0 Å². The van der Waals surface area contributed by atoms with Gasteiger partial charge in [-0.1, -0.05) is 6.92 Å². The number of rotatable bonds is 4. The number of tetrazole rings is 1. The lowest BCUT2D eigenvalue weighted by Crippen LogP contribution is -2.16. The molecule has 0 radical (unpaired) electrons. The lowest BCUT2D eigenvalue weighted by atomic mass is 10.5. The number of hydrogen-bond acceptors (Lipinski definition) is 4. The number of aryl methyl sites for hydroxylation is 1. The molecule has 0 atom stereocenters. The van der Waals surface area contributed by atoms with Crippen LogP contribution in [-0.2, 0) is 13.1 Å². The van der Waals surface area contributed by atoms with Gasteiger partial charge in [-0.15, -0.1) is 5.10 Å². The Balaban J connectivity index is 2.54. The predicted molar refractivity (Wildman–Crippen MR) is 40.9 cm³/mol. The Morgan fingerprint density at radius 2 is 2.27 bits per heavy atom. The maximum atomic E-state index is 3.86. The lowest BCUT2D eigenvalue weighted by Gasteiger charge is -2.00. The first-order valence-corrected chi connectivity index (χ1v) is 3.84. The van der Waals surface area contributed by atoms with Crippen molar-refractivity contribution in [3.8, 4) is 0 Å². The number of nitrogens with one attached hydrogen (secondary N) is 1. The molecule has 0 aliphatic rings. The van der Waals surface area contributed by atoms with Crippen molar-refractivity contribution in [2.45, 2.75) is 26.9 Å². The van der Waals surface area contributed by atoms with Crippen LogP contribution in [0.1, 0.15) is 19.7 Å². The van der Waals surface area contributed by atoms with E-state index in [-0.39, 0.29) is 0 Å². The molecule has 0 fully saturated rings. The third-order valence-corrected chi connectivity index (χ3v) is 1.44. The van der Waals surface area contributed by atoms with Crippen molar-refractivity contribution in [3.63, 3.8) is 0 Å². The normalized spacial score (nSPS) is 10.4. The molecule has 0 amide bonds. The molecule has 1 aromatic rings. The SMILES string of the molecule is CCNCc1nnnn1CC. The minimum absolute atomic E-state index is 0.747. The first kappa shape index (κ1) is 8.13. The van der Waals surface area contributed by atoms with Crippen LogP contribution in [0, 0.1) is 0 Å². The number of hydrogen-bond donors (Lipinski definition) is 1. The van der Waals surface area contributed by atoms with Crippen LogP contribution in [0.4, 0.5) is 0 Å². The van der Waals surface area contributed by atoms with Crippen molar-refractivity contribution < 1.29 is 0 Å². The molecule has 1 heterocycles. The Morgan fingerprint density at radius 1 is 1.45 bits per heavy atom.